The van der Waals surface area contributed by atoms with Crippen LogP contribution in [0.3, 0.4) is 0 Å². The van der Waals surface area contributed by atoms with Crippen LogP contribution in [0.2, 0.25) is 0 Å². The topological polar surface area (TPSA) is 41.1 Å². The van der Waals surface area contributed by atoms with Crippen molar-refractivity contribution in [2.75, 3.05) is 23.3 Å². The molecule has 0 aliphatic carbocycles. The van der Waals surface area contributed by atoms with Gasteiger partial charge in [0.05, 0.1) is 22.9 Å². The molecule has 19 heavy (non-hydrogen) atoms. The first-order valence-corrected chi connectivity index (χ1v) is 7.56. The summed E-state index contributed by atoms with van der Waals surface area (Å²) in [5.74, 6) is 1.08. The molecule has 0 atom stereocenters. The molecule has 0 radical (unpaired) electrons. The highest BCUT2D eigenvalue weighted by Crippen LogP contribution is 2.26. The summed E-state index contributed by atoms with van der Waals surface area (Å²) in [6, 6.07) is 4.08. The molecule has 0 saturated carbocycles. The van der Waals surface area contributed by atoms with Crippen LogP contribution in [0.5, 0.6) is 0 Å². The zero-order valence-corrected chi connectivity index (χ0v) is 11.9. The number of nitrogens with one attached hydrogen (secondary N) is 1. The minimum Gasteiger partial charge on any atom is -0.376 e. The van der Waals surface area contributed by atoms with Gasteiger partial charge in [0, 0.05) is 24.7 Å². The number of hydrogen-bond acceptors (Lipinski definition) is 5. The summed E-state index contributed by atoms with van der Waals surface area (Å²) in [6.45, 7) is 5.02. The molecule has 3 rings (SSSR count). The van der Waals surface area contributed by atoms with Crippen molar-refractivity contribution in [1.82, 2.24) is 9.97 Å². The maximum Gasteiger partial charge on any atom is 0.151 e. The Morgan fingerprint density at radius 3 is 2.95 bits per heavy atom. The highest BCUT2D eigenvalue weighted by molar-refractivity contribution is 7.09. The first-order valence-electron chi connectivity index (χ1n) is 6.68. The number of aromatic nitrogens is 2. The second kappa shape index (κ2) is 5.57. The van der Waals surface area contributed by atoms with Crippen LogP contribution in [0.25, 0.3) is 0 Å². The minimum absolute atomic E-state index is 0.761. The number of nitrogens with zero attached hydrogens (tertiary/aromatic N) is 3. The summed E-state index contributed by atoms with van der Waals surface area (Å²) in [7, 11) is 0. The Morgan fingerprint density at radius 2 is 2.21 bits per heavy atom. The third-order valence-corrected chi connectivity index (χ3v) is 4.14. The standard InChI is InChI=1S/C14H18N4S/c1-11-17-12(10-19-11)9-16-13-5-4-6-15-14(13)18-7-2-3-8-18/h4-6,10,16H,2-3,7-9H2,1H3. The highest BCUT2D eigenvalue weighted by atomic mass is 32.1. The van der Waals surface area contributed by atoms with Gasteiger partial charge < -0.3 is 10.2 Å². The Morgan fingerprint density at radius 1 is 1.37 bits per heavy atom. The fourth-order valence-corrected chi connectivity index (χ4v) is 3.00. The second-order valence-corrected chi connectivity index (χ2v) is 5.84. The van der Waals surface area contributed by atoms with Gasteiger partial charge in [-0.05, 0) is 31.9 Å². The zero-order valence-electron chi connectivity index (χ0n) is 11.1. The summed E-state index contributed by atoms with van der Waals surface area (Å²) in [6.07, 6.45) is 4.40. The van der Waals surface area contributed by atoms with Gasteiger partial charge in [0.25, 0.3) is 0 Å². The molecule has 0 unspecified atom stereocenters. The van der Waals surface area contributed by atoms with Crippen molar-refractivity contribution < 1.29 is 0 Å². The van der Waals surface area contributed by atoms with Crippen LogP contribution >= 0.6 is 11.3 Å². The van der Waals surface area contributed by atoms with E-state index < -0.39 is 0 Å². The molecular formula is C14H18N4S. The predicted molar refractivity (Wildman–Crippen MR) is 79.9 cm³/mol. The van der Waals surface area contributed by atoms with Crippen molar-refractivity contribution in [2.45, 2.75) is 26.3 Å². The summed E-state index contributed by atoms with van der Waals surface area (Å²) in [5, 5.41) is 6.68. The average Bonchev–Trinajstić information content (AvgIpc) is 3.08. The van der Waals surface area contributed by atoms with E-state index >= 15 is 0 Å². The molecule has 0 spiro atoms. The smallest absolute Gasteiger partial charge is 0.151 e. The van der Waals surface area contributed by atoms with E-state index in [1.165, 1.54) is 12.8 Å². The van der Waals surface area contributed by atoms with E-state index in [4.69, 9.17) is 0 Å². The van der Waals surface area contributed by atoms with Gasteiger partial charge in [0.15, 0.2) is 5.82 Å². The van der Waals surface area contributed by atoms with E-state index in [9.17, 15) is 0 Å². The molecule has 1 fully saturated rings. The first kappa shape index (κ1) is 12.4. The van der Waals surface area contributed by atoms with Gasteiger partial charge >= 0.3 is 0 Å². The lowest BCUT2D eigenvalue weighted by atomic mass is 10.3. The van der Waals surface area contributed by atoms with E-state index in [2.05, 4.69) is 31.6 Å². The van der Waals surface area contributed by atoms with Crippen molar-refractivity contribution in [2.24, 2.45) is 0 Å². The Hall–Kier alpha value is -1.62. The minimum atomic E-state index is 0.761. The van der Waals surface area contributed by atoms with Gasteiger partial charge in [0.2, 0.25) is 0 Å². The largest absolute Gasteiger partial charge is 0.376 e. The Bertz CT molecular complexity index is 546. The molecule has 1 aliphatic heterocycles. The maximum absolute atomic E-state index is 4.52. The van der Waals surface area contributed by atoms with E-state index in [0.717, 1.165) is 41.8 Å². The molecule has 0 amide bonds. The number of rotatable bonds is 4. The van der Waals surface area contributed by atoms with E-state index in [1.54, 1.807) is 11.3 Å². The number of anilines is 2. The van der Waals surface area contributed by atoms with Crippen LogP contribution < -0.4 is 10.2 Å². The first-order chi connectivity index (χ1) is 9.33. The van der Waals surface area contributed by atoms with Crippen molar-refractivity contribution >= 4 is 22.8 Å². The SMILES string of the molecule is Cc1nc(CNc2cccnc2N2CCCC2)cs1. The lowest BCUT2D eigenvalue weighted by Gasteiger charge is -2.20. The predicted octanol–water partition coefficient (Wildman–Crippen LogP) is 3.06. The lowest BCUT2D eigenvalue weighted by molar-refractivity contribution is 0.933. The van der Waals surface area contributed by atoms with Crippen LogP contribution in [0, 0.1) is 6.92 Å². The second-order valence-electron chi connectivity index (χ2n) is 4.78. The summed E-state index contributed by atoms with van der Waals surface area (Å²) in [5.41, 5.74) is 2.20. The van der Waals surface area contributed by atoms with Crippen LogP contribution in [-0.2, 0) is 6.54 Å². The number of thiazole rings is 1. The van der Waals surface area contributed by atoms with Crippen LogP contribution in [0.15, 0.2) is 23.7 Å². The molecule has 5 heteroatoms. The Kier molecular flexibility index (Phi) is 3.64. The molecule has 0 aromatic carbocycles. The average molecular weight is 274 g/mol. The van der Waals surface area contributed by atoms with Crippen molar-refractivity contribution in [3.05, 3.63) is 34.4 Å². The Balaban J connectivity index is 1.73. The Labute approximate surface area is 117 Å². The van der Waals surface area contributed by atoms with Gasteiger partial charge in [-0.1, -0.05) is 0 Å². The fraction of sp³-hybridized carbons (Fsp3) is 0.429. The van der Waals surface area contributed by atoms with Crippen LogP contribution in [0.4, 0.5) is 11.5 Å². The summed E-state index contributed by atoms with van der Waals surface area (Å²) in [4.78, 5) is 11.4. The number of hydrogen-bond donors (Lipinski definition) is 1. The van der Waals surface area contributed by atoms with Gasteiger partial charge in [-0.3, -0.25) is 0 Å². The molecule has 2 aromatic rings. The maximum atomic E-state index is 4.52. The molecule has 3 heterocycles. The molecule has 1 aliphatic rings. The molecule has 2 aromatic heterocycles. The summed E-state index contributed by atoms with van der Waals surface area (Å²) >= 11 is 1.69. The van der Waals surface area contributed by atoms with Crippen molar-refractivity contribution in [1.29, 1.82) is 0 Å². The molecule has 100 valence electrons. The quantitative estimate of drug-likeness (QED) is 0.930. The van der Waals surface area contributed by atoms with E-state index in [0.29, 0.717) is 0 Å². The molecule has 4 nitrogen and oxygen atoms in total. The monoisotopic (exact) mass is 274 g/mol. The van der Waals surface area contributed by atoms with Crippen LogP contribution in [-0.4, -0.2) is 23.1 Å². The normalized spacial score (nSPS) is 14.9. The summed E-state index contributed by atoms with van der Waals surface area (Å²) < 4.78 is 0. The zero-order chi connectivity index (χ0) is 13.1. The third kappa shape index (κ3) is 2.87. The number of aryl methyl sites for hydroxylation is 1. The van der Waals surface area contributed by atoms with E-state index in [-0.39, 0.29) is 0 Å². The van der Waals surface area contributed by atoms with Gasteiger partial charge in [0.1, 0.15) is 0 Å². The van der Waals surface area contributed by atoms with Gasteiger partial charge in [-0.25, -0.2) is 9.97 Å². The molecule has 1 saturated heterocycles. The molecule has 0 bridgehead atoms. The molecule has 1 N–H and O–H groups in total. The fourth-order valence-electron chi connectivity index (χ4n) is 2.39. The van der Waals surface area contributed by atoms with Crippen LogP contribution in [0.1, 0.15) is 23.5 Å². The van der Waals surface area contributed by atoms with E-state index in [1.807, 2.05) is 19.2 Å². The van der Waals surface area contributed by atoms with Crippen molar-refractivity contribution in [3.63, 3.8) is 0 Å². The third-order valence-electron chi connectivity index (χ3n) is 3.32. The molecular weight excluding hydrogens is 256 g/mol. The number of pyridine rings is 1. The van der Waals surface area contributed by atoms with Gasteiger partial charge in [-0.15, -0.1) is 11.3 Å². The highest BCUT2D eigenvalue weighted by Gasteiger charge is 2.16. The van der Waals surface area contributed by atoms with Crippen molar-refractivity contribution in [3.8, 4) is 0 Å². The lowest BCUT2D eigenvalue weighted by Crippen LogP contribution is -2.20. The van der Waals surface area contributed by atoms with Gasteiger partial charge in [-0.2, -0.15) is 0 Å².